The molecule has 34 heavy (non-hydrogen) atoms. The largest absolute Gasteiger partial charge is 0.494 e. The van der Waals surface area contributed by atoms with Crippen molar-refractivity contribution in [2.45, 2.75) is 20.8 Å². The topological polar surface area (TPSA) is 99.8 Å². The van der Waals surface area contributed by atoms with Gasteiger partial charge in [0.2, 0.25) is 0 Å². The average Bonchev–Trinajstić information content (AvgIpc) is 3.41. The monoisotopic (exact) mass is 453 g/mol. The SMILES string of the molecule is COc1cccc2c(C)cc(-n3nc(C)cc3NC(=O)c3cnn(-c4ccccn4)c3C)nc12. The van der Waals surface area contributed by atoms with Gasteiger partial charge in [0, 0.05) is 17.6 Å². The summed E-state index contributed by atoms with van der Waals surface area (Å²) in [5, 5.41) is 12.9. The second-order valence-electron chi connectivity index (χ2n) is 7.93. The zero-order valence-corrected chi connectivity index (χ0v) is 19.3. The average molecular weight is 454 g/mol. The zero-order valence-electron chi connectivity index (χ0n) is 19.3. The van der Waals surface area contributed by atoms with Crippen LogP contribution in [0.3, 0.4) is 0 Å². The molecule has 0 radical (unpaired) electrons. The standard InChI is InChI=1S/C25H23N7O2/c1-15-12-22(28-24-18(15)8-7-9-20(24)34-4)32-23(13-16(2)30-32)29-25(33)19-14-27-31(17(19)3)21-10-5-6-11-26-21/h5-14H,1-4H3,(H,29,33). The summed E-state index contributed by atoms with van der Waals surface area (Å²) in [5.41, 5.74) is 3.63. The van der Waals surface area contributed by atoms with Crippen LogP contribution in [0.15, 0.2) is 60.9 Å². The van der Waals surface area contributed by atoms with Crippen molar-refractivity contribution in [3.63, 3.8) is 0 Å². The quantitative estimate of drug-likeness (QED) is 0.428. The number of aryl methyl sites for hydroxylation is 2. The second kappa shape index (κ2) is 8.43. The molecule has 0 fully saturated rings. The van der Waals surface area contributed by atoms with Gasteiger partial charge in [0.05, 0.1) is 30.3 Å². The lowest BCUT2D eigenvalue weighted by atomic mass is 10.1. The molecule has 4 heterocycles. The lowest BCUT2D eigenvalue weighted by Crippen LogP contribution is -2.16. The molecular formula is C25H23N7O2. The van der Waals surface area contributed by atoms with Gasteiger partial charge in [-0.15, -0.1) is 0 Å². The van der Waals surface area contributed by atoms with Crippen molar-refractivity contribution < 1.29 is 9.53 Å². The number of rotatable bonds is 5. The number of ether oxygens (including phenoxy) is 1. The Hall–Kier alpha value is -4.53. The van der Waals surface area contributed by atoms with Crippen molar-refractivity contribution in [3.8, 4) is 17.4 Å². The summed E-state index contributed by atoms with van der Waals surface area (Å²) in [6.45, 7) is 5.71. The number of carbonyl (C=O) groups is 1. The number of nitrogens with zero attached hydrogens (tertiary/aromatic N) is 6. The van der Waals surface area contributed by atoms with Crippen LogP contribution in [0.25, 0.3) is 22.5 Å². The van der Waals surface area contributed by atoms with Gasteiger partial charge in [-0.1, -0.05) is 18.2 Å². The number of nitrogens with one attached hydrogen (secondary N) is 1. The van der Waals surface area contributed by atoms with Gasteiger partial charge in [0.1, 0.15) is 17.1 Å². The van der Waals surface area contributed by atoms with E-state index < -0.39 is 0 Å². The van der Waals surface area contributed by atoms with Crippen LogP contribution in [0.4, 0.5) is 5.82 Å². The Morgan fingerprint density at radius 2 is 1.85 bits per heavy atom. The number of amides is 1. The number of methoxy groups -OCH3 is 1. The van der Waals surface area contributed by atoms with Gasteiger partial charge in [-0.25, -0.2) is 14.6 Å². The van der Waals surface area contributed by atoms with E-state index in [0.29, 0.717) is 34.5 Å². The molecular weight excluding hydrogens is 430 g/mol. The summed E-state index contributed by atoms with van der Waals surface area (Å²) < 4.78 is 8.77. The van der Waals surface area contributed by atoms with E-state index in [0.717, 1.165) is 22.2 Å². The molecule has 0 spiro atoms. The van der Waals surface area contributed by atoms with Crippen LogP contribution in [0, 0.1) is 20.8 Å². The van der Waals surface area contributed by atoms with Gasteiger partial charge < -0.3 is 10.1 Å². The van der Waals surface area contributed by atoms with E-state index in [2.05, 4.69) is 20.5 Å². The molecule has 0 bridgehead atoms. The van der Waals surface area contributed by atoms with Crippen LogP contribution in [-0.2, 0) is 0 Å². The maximum atomic E-state index is 13.2. The summed E-state index contributed by atoms with van der Waals surface area (Å²) >= 11 is 0. The Kier molecular flexibility index (Phi) is 5.29. The summed E-state index contributed by atoms with van der Waals surface area (Å²) in [4.78, 5) is 22.3. The highest BCUT2D eigenvalue weighted by Crippen LogP contribution is 2.28. The van der Waals surface area contributed by atoms with Gasteiger partial charge in [-0.2, -0.15) is 14.9 Å². The highest BCUT2D eigenvalue weighted by Gasteiger charge is 2.19. The molecule has 170 valence electrons. The third-order valence-electron chi connectivity index (χ3n) is 5.63. The van der Waals surface area contributed by atoms with Crippen molar-refractivity contribution in [2.75, 3.05) is 12.4 Å². The first-order valence-electron chi connectivity index (χ1n) is 10.7. The molecule has 0 aliphatic carbocycles. The van der Waals surface area contributed by atoms with E-state index >= 15 is 0 Å². The van der Waals surface area contributed by atoms with Gasteiger partial charge in [0.15, 0.2) is 11.6 Å². The van der Waals surface area contributed by atoms with E-state index in [1.54, 1.807) is 28.7 Å². The number of para-hydroxylation sites is 1. The van der Waals surface area contributed by atoms with Crippen molar-refractivity contribution >= 4 is 22.6 Å². The molecule has 5 aromatic rings. The van der Waals surface area contributed by atoms with E-state index in [1.165, 1.54) is 6.20 Å². The third-order valence-corrected chi connectivity index (χ3v) is 5.63. The summed E-state index contributed by atoms with van der Waals surface area (Å²) in [5.74, 6) is 2.11. The molecule has 0 unspecified atom stereocenters. The van der Waals surface area contributed by atoms with Crippen LogP contribution < -0.4 is 10.1 Å². The minimum atomic E-state index is -0.295. The van der Waals surface area contributed by atoms with Crippen molar-refractivity contribution in [2.24, 2.45) is 0 Å². The molecule has 0 atom stereocenters. The number of hydrogen-bond donors (Lipinski definition) is 1. The Morgan fingerprint density at radius 3 is 2.62 bits per heavy atom. The number of carbonyl (C=O) groups excluding carboxylic acids is 1. The molecule has 4 aromatic heterocycles. The van der Waals surface area contributed by atoms with Crippen LogP contribution in [0.2, 0.25) is 0 Å². The van der Waals surface area contributed by atoms with Crippen LogP contribution >= 0.6 is 0 Å². The number of aromatic nitrogens is 6. The first-order chi connectivity index (χ1) is 16.5. The van der Waals surface area contributed by atoms with Crippen LogP contribution in [-0.4, -0.2) is 42.5 Å². The van der Waals surface area contributed by atoms with Crippen molar-refractivity contribution in [1.82, 2.24) is 29.5 Å². The molecule has 1 aromatic carbocycles. The normalized spacial score (nSPS) is 11.1. The number of anilines is 1. The number of hydrogen-bond acceptors (Lipinski definition) is 6. The second-order valence-corrected chi connectivity index (χ2v) is 7.93. The summed E-state index contributed by atoms with van der Waals surface area (Å²) in [7, 11) is 1.62. The lowest BCUT2D eigenvalue weighted by Gasteiger charge is -2.12. The van der Waals surface area contributed by atoms with E-state index in [9.17, 15) is 4.79 Å². The number of benzene rings is 1. The Morgan fingerprint density at radius 1 is 1.00 bits per heavy atom. The van der Waals surface area contributed by atoms with Gasteiger partial charge in [0.25, 0.3) is 5.91 Å². The fourth-order valence-corrected chi connectivity index (χ4v) is 3.94. The highest BCUT2D eigenvalue weighted by atomic mass is 16.5. The fraction of sp³-hybridized carbons (Fsp3) is 0.160. The summed E-state index contributed by atoms with van der Waals surface area (Å²) in [6, 6.07) is 15.1. The fourth-order valence-electron chi connectivity index (χ4n) is 3.94. The zero-order chi connectivity index (χ0) is 23.8. The van der Waals surface area contributed by atoms with Crippen molar-refractivity contribution in [3.05, 3.63) is 83.4 Å². The van der Waals surface area contributed by atoms with Crippen molar-refractivity contribution in [1.29, 1.82) is 0 Å². The van der Waals surface area contributed by atoms with Crippen LogP contribution in [0.5, 0.6) is 5.75 Å². The Bertz CT molecular complexity index is 1520. The maximum absolute atomic E-state index is 13.2. The minimum absolute atomic E-state index is 0.295. The van der Waals surface area contributed by atoms with Gasteiger partial charge in [-0.05, 0) is 50.6 Å². The molecule has 9 nitrogen and oxygen atoms in total. The molecule has 1 N–H and O–H groups in total. The molecule has 0 aliphatic heterocycles. The maximum Gasteiger partial charge on any atom is 0.260 e. The van der Waals surface area contributed by atoms with Gasteiger partial charge >= 0.3 is 0 Å². The highest BCUT2D eigenvalue weighted by molar-refractivity contribution is 6.04. The lowest BCUT2D eigenvalue weighted by molar-refractivity contribution is 0.102. The summed E-state index contributed by atoms with van der Waals surface area (Å²) in [6.07, 6.45) is 3.22. The number of pyridine rings is 2. The van der Waals surface area contributed by atoms with Gasteiger partial charge in [-0.3, -0.25) is 4.79 Å². The first-order valence-corrected chi connectivity index (χ1v) is 10.7. The van der Waals surface area contributed by atoms with E-state index in [4.69, 9.17) is 9.72 Å². The molecule has 1 amide bonds. The van der Waals surface area contributed by atoms with E-state index in [-0.39, 0.29) is 5.91 Å². The molecule has 5 rings (SSSR count). The smallest absolute Gasteiger partial charge is 0.260 e. The molecule has 0 aliphatic rings. The Balaban J connectivity index is 1.52. The predicted octanol–water partition coefficient (Wildman–Crippen LogP) is 4.19. The minimum Gasteiger partial charge on any atom is -0.494 e. The number of fused-ring (bicyclic) bond motifs is 1. The third kappa shape index (κ3) is 3.66. The van der Waals surface area contributed by atoms with E-state index in [1.807, 2.05) is 63.2 Å². The predicted molar refractivity (Wildman–Crippen MR) is 129 cm³/mol. The molecule has 9 heteroatoms. The molecule has 0 saturated carbocycles. The van der Waals surface area contributed by atoms with Crippen LogP contribution in [0.1, 0.15) is 27.3 Å². The first kappa shape index (κ1) is 21.3. The Labute approximate surface area is 196 Å². The molecule has 0 saturated heterocycles.